The third-order valence-corrected chi connectivity index (χ3v) is 7.92. The number of esters is 2. The highest BCUT2D eigenvalue weighted by Gasteiger charge is 2.43. The highest BCUT2D eigenvalue weighted by molar-refractivity contribution is 6.74. The smallest absolute Gasteiger partial charge is 0.339 e. The van der Waals surface area contributed by atoms with Gasteiger partial charge in [-0.25, -0.2) is 9.59 Å². The molecule has 0 aliphatic carbocycles. The molecular formula is C14H26O5Si. The molecule has 6 heteroatoms. The molecule has 0 rings (SSSR count). The summed E-state index contributed by atoms with van der Waals surface area (Å²) in [5, 5.41) is -0.103. The van der Waals surface area contributed by atoms with Crippen LogP contribution in [0.15, 0.2) is 12.2 Å². The number of ether oxygens (including phenoxy) is 2. The SMILES string of the molecule is C=C(C(=O)OC)C(O[Si](C)(C)C(C)(C)C)C(=O)OCC. The van der Waals surface area contributed by atoms with E-state index in [4.69, 9.17) is 9.16 Å². The van der Waals surface area contributed by atoms with Crippen molar-refractivity contribution in [3.8, 4) is 0 Å². The Labute approximate surface area is 122 Å². The van der Waals surface area contributed by atoms with Crippen LogP contribution in [0.3, 0.4) is 0 Å². The molecular weight excluding hydrogens is 276 g/mol. The van der Waals surface area contributed by atoms with Crippen molar-refractivity contribution in [3.05, 3.63) is 12.2 Å². The topological polar surface area (TPSA) is 61.8 Å². The van der Waals surface area contributed by atoms with Gasteiger partial charge in [0, 0.05) is 0 Å². The molecule has 20 heavy (non-hydrogen) atoms. The molecule has 0 aliphatic rings. The molecule has 0 saturated heterocycles. The lowest BCUT2D eigenvalue weighted by Crippen LogP contribution is -2.47. The van der Waals surface area contributed by atoms with Crippen molar-refractivity contribution in [2.75, 3.05) is 13.7 Å². The van der Waals surface area contributed by atoms with Crippen molar-refractivity contribution >= 4 is 20.3 Å². The van der Waals surface area contributed by atoms with E-state index in [1.54, 1.807) is 6.92 Å². The molecule has 0 radical (unpaired) electrons. The molecule has 0 amide bonds. The fourth-order valence-corrected chi connectivity index (χ4v) is 2.37. The lowest BCUT2D eigenvalue weighted by atomic mass is 10.2. The van der Waals surface area contributed by atoms with Gasteiger partial charge in [0.05, 0.1) is 19.3 Å². The normalized spacial score (nSPS) is 13.6. The van der Waals surface area contributed by atoms with Crippen LogP contribution in [0.2, 0.25) is 18.1 Å². The first-order chi connectivity index (χ1) is 8.97. The van der Waals surface area contributed by atoms with Gasteiger partial charge in [-0.05, 0) is 25.1 Å². The van der Waals surface area contributed by atoms with E-state index < -0.39 is 26.4 Å². The third kappa shape index (κ3) is 4.75. The zero-order chi connectivity index (χ0) is 16.1. The van der Waals surface area contributed by atoms with Gasteiger partial charge in [0.15, 0.2) is 14.4 Å². The number of hydrogen-bond acceptors (Lipinski definition) is 5. The molecule has 0 aliphatic heterocycles. The van der Waals surface area contributed by atoms with Gasteiger partial charge in [-0.15, -0.1) is 0 Å². The number of carbonyl (C=O) groups excluding carboxylic acids is 2. The molecule has 0 aromatic heterocycles. The van der Waals surface area contributed by atoms with Crippen molar-refractivity contribution in [2.24, 2.45) is 0 Å². The van der Waals surface area contributed by atoms with Crippen molar-refractivity contribution in [1.82, 2.24) is 0 Å². The minimum atomic E-state index is -2.25. The van der Waals surface area contributed by atoms with E-state index >= 15 is 0 Å². The second kappa shape index (κ2) is 7.03. The summed E-state index contributed by atoms with van der Waals surface area (Å²) >= 11 is 0. The van der Waals surface area contributed by atoms with Crippen molar-refractivity contribution in [3.63, 3.8) is 0 Å². The molecule has 116 valence electrons. The fourth-order valence-electron chi connectivity index (χ4n) is 1.19. The van der Waals surface area contributed by atoms with E-state index in [9.17, 15) is 9.59 Å². The van der Waals surface area contributed by atoms with Gasteiger partial charge >= 0.3 is 11.9 Å². The lowest BCUT2D eigenvalue weighted by Gasteiger charge is -2.38. The molecule has 0 N–H and O–H groups in total. The second-order valence-electron chi connectivity index (χ2n) is 6.03. The largest absolute Gasteiger partial charge is 0.466 e. The predicted molar refractivity (Wildman–Crippen MR) is 79.9 cm³/mol. The average Bonchev–Trinajstić information content (AvgIpc) is 2.33. The Kier molecular flexibility index (Phi) is 6.63. The first-order valence-corrected chi connectivity index (χ1v) is 9.50. The highest BCUT2D eigenvalue weighted by Crippen LogP contribution is 2.38. The monoisotopic (exact) mass is 302 g/mol. The lowest BCUT2D eigenvalue weighted by molar-refractivity contribution is -0.153. The number of rotatable bonds is 6. The van der Waals surface area contributed by atoms with Crippen LogP contribution in [0.1, 0.15) is 27.7 Å². The summed E-state index contributed by atoms with van der Waals surface area (Å²) < 4.78 is 15.5. The molecule has 0 bridgehead atoms. The number of carbonyl (C=O) groups is 2. The molecule has 0 saturated carbocycles. The quantitative estimate of drug-likeness (QED) is 0.429. The van der Waals surface area contributed by atoms with Crippen LogP contribution in [0, 0.1) is 0 Å². The summed E-state index contributed by atoms with van der Waals surface area (Å²) in [6.45, 7) is 15.6. The van der Waals surface area contributed by atoms with Crippen LogP contribution < -0.4 is 0 Å². The van der Waals surface area contributed by atoms with Crippen molar-refractivity contribution in [2.45, 2.75) is 51.9 Å². The molecule has 1 atom stereocenters. The molecule has 0 aromatic rings. The summed E-state index contributed by atoms with van der Waals surface area (Å²) in [4.78, 5) is 23.6. The maximum Gasteiger partial charge on any atom is 0.339 e. The Morgan fingerprint density at radius 1 is 1.25 bits per heavy atom. The number of methoxy groups -OCH3 is 1. The standard InChI is InChI=1S/C14H26O5Si/c1-9-18-13(16)11(10(2)12(15)17-6)19-20(7,8)14(3,4)5/h11H,2,9H2,1,3-8H3. The van der Waals surface area contributed by atoms with E-state index in [-0.39, 0.29) is 17.2 Å². The molecule has 0 fully saturated rings. The Morgan fingerprint density at radius 2 is 1.75 bits per heavy atom. The molecule has 5 nitrogen and oxygen atoms in total. The second-order valence-corrected chi connectivity index (χ2v) is 10.8. The molecule has 0 spiro atoms. The Balaban J connectivity index is 5.30. The van der Waals surface area contributed by atoms with Crippen molar-refractivity contribution < 1.29 is 23.5 Å². The van der Waals surface area contributed by atoms with Gasteiger partial charge in [0.2, 0.25) is 0 Å². The van der Waals surface area contributed by atoms with E-state index in [1.165, 1.54) is 7.11 Å². The first-order valence-electron chi connectivity index (χ1n) is 6.59. The molecule has 0 heterocycles. The average molecular weight is 302 g/mol. The van der Waals surface area contributed by atoms with E-state index in [0.717, 1.165) is 0 Å². The van der Waals surface area contributed by atoms with Crippen LogP contribution in [-0.2, 0) is 23.5 Å². The number of hydrogen-bond donors (Lipinski definition) is 0. The zero-order valence-electron chi connectivity index (χ0n) is 13.5. The maximum atomic E-state index is 12.0. The van der Waals surface area contributed by atoms with E-state index in [1.807, 2.05) is 33.9 Å². The van der Waals surface area contributed by atoms with Crippen LogP contribution in [0.4, 0.5) is 0 Å². The van der Waals surface area contributed by atoms with Gasteiger partial charge in [-0.1, -0.05) is 27.4 Å². The highest BCUT2D eigenvalue weighted by atomic mass is 28.4. The van der Waals surface area contributed by atoms with Gasteiger partial charge < -0.3 is 13.9 Å². The first kappa shape index (κ1) is 18.9. The van der Waals surface area contributed by atoms with Crippen LogP contribution in [0.25, 0.3) is 0 Å². The summed E-state index contributed by atoms with van der Waals surface area (Å²) in [6.07, 6.45) is -1.11. The van der Waals surface area contributed by atoms with E-state index in [2.05, 4.69) is 11.3 Å². The zero-order valence-corrected chi connectivity index (χ0v) is 14.5. The van der Waals surface area contributed by atoms with Crippen LogP contribution in [-0.4, -0.2) is 40.1 Å². The Morgan fingerprint density at radius 3 is 2.10 bits per heavy atom. The van der Waals surface area contributed by atoms with Crippen LogP contribution in [0.5, 0.6) is 0 Å². The van der Waals surface area contributed by atoms with Gasteiger partial charge in [-0.3, -0.25) is 0 Å². The summed E-state index contributed by atoms with van der Waals surface area (Å²) in [6, 6.07) is 0. The predicted octanol–water partition coefficient (Wildman–Crippen LogP) is 2.67. The maximum absolute atomic E-state index is 12.0. The molecule has 1 unspecified atom stereocenters. The Hall–Kier alpha value is -1.14. The minimum Gasteiger partial charge on any atom is -0.466 e. The van der Waals surface area contributed by atoms with Crippen LogP contribution >= 0.6 is 0 Å². The van der Waals surface area contributed by atoms with Gasteiger partial charge in [-0.2, -0.15) is 0 Å². The van der Waals surface area contributed by atoms with Gasteiger partial charge in [0.25, 0.3) is 0 Å². The van der Waals surface area contributed by atoms with E-state index in [0.29, 0.717) is 0 Å². The Bertz CT molecular complexity index is 382. The third-order valence-electron chi connectivity index (χ3n) is 3.48. The fraction of sp³-hybridized carbons (Fsp3) is 0.714. The minimum absolute atomic E-state index is 0.0317. The summed E-state index contributed by atoms with van der Waals surface area (Å²) in [7, 11) is -1.01. The van der Waals surface area contributed by atoms with Gasteiger partial charge in [0.1, 0.15) is 0 Å². The summed E-state index contributed by atoms with van der Waals surface area (Å²) in [5.74, 6) is -1.27. The molecule has 0 aromatic carbocycles. The van der Waals surface area contributed by atoms with Crippen molar-refractivity contribution in [1.29, 1.82) is 0 Å². The summed E-state index contributed by atoms with van der Waals surface area (Å²) in [5.41, 5.74) is -0.0317.